The fourth-order valence-electron chi connectivity index (χ4n) is 1.99. The van der Waals surface area contributed by atoms with Crippen molar-refractivity contribution in [3.63, 3.8) is 0 Å². The first kappa shape index (κ1) is 12.0. The Hall–Kier alpha value is -1.52. The molecule has 17 heavy (non-hydrogen) atoms. The van der Waals surface area contributed by atoms with Crippen LogP contribution in [0.1, 0.15) is 6.42 Å². The number of anilines is 1. The standard InChI is InChI=1S/C12H15F2NO2/c1-16-9-3-4-11(17-2)10(7-9)15-6-5-12(13,14)8-15/h3-4,7H,5-6,8H2,1-2H3. The number of methoxy groups -OCH3 is 2. The molecule has 0 atom stereocenters. The second-order valence-corrected chi connectivity index (χ2v) is 4.07. The van der Waals surface area contributed by atoms with Crippen LogP contribution in [0.5, 0.6) is 11.5 Å². The van der Waals surface area contributed by atoms with Crippen molar-refractivity contribution in [2.24, 2.45) is 0 Å². The second-order valence-electron chi connectivity index (χ2n) is 4.07. The average Bonchev–Trinajstić information content (AvgIpc) is 2.68. The van der Waals surface area contributed by atoms with Gasteiger partial charge in [0, 0.05) is 19.0 Å². The van der Waals surface area contributed by atoms with E-state index >= 15 is 0 Å². The van der Waals surface area contributed by atoms with Crippen LogP contribution in [-0.4, -0.2) is 33.2 Å². The molecule has 94 valence electrons. The molecule has 1 aromatic rings. The molecule has 0 amide bonds. The number of rotatable bonds is 3. The summed E-state index contributed by atoms with van der Waals surface area (Å²) in [6, 6.07) is 5.20. The minimum Gasteiger partial charge on any atom is -0.497 e. The van der Waals surface area contributed by atoms with Crippen molar-refractivity contribution < 1.29 is 18.3 Å². The van der Waals surface area contributed by atoms with E-state index in [0.29, 0.717) is 23.7 Å². The zero-order valence-electron chi connectivity index (χ0n) is 9.87. The topological polar surface area (TPSA) is 21.7 Å². The van der Waals surface area contributed by atoms with E-state index < -0.39 is 5.92 Å². The zero-order chi connectivity index (χ0) is 12.5. The number of nitrogens with zero attached hydrogens (tertiary/aromatic N) is 1. The van der Waals surface area contributed by atoms with Gasteiger partial charge in [-0.3, -0.25) is 0 Å². The van der Waals surface area contributed by atoms with Crippen molar-refractivity contribution >= 4 is 5.69 Å². The largest absolute Gasteiger partial charge is 0.497 e. The molecule has 0 N–H and O–H groups in total. The molecule has 0 unspecified atom stereocenters. The summed E-state index contributed by atoms with van der Waals surface area (Å²) < 4.78 is 36.6. The summed E-state index contributed by atoms with van der Waals surface area (Å²) in [7, 11) is 3.07. The van der Waals surface area contributed by atoms with Crippen LogP contribution in [0.25, 0.3) is 0 Å². The minimum atomic E-state index is -2.62. The lowest BCUT2D eigenvalue weighted by Crippen LogP contribution is -2.25. The van der Waals surface area contributed by atoms with E-state index in [1.807, 2.05) is 0 Å². The number of hydrogen-bond acceptors (Lipinski definition) is 3. The van der Waals surface area contributed by atoms with Crippen LogP contribution in [0.4, 0.5) is 14.5 Å². The molecule has 0 bridgehead atoms. The van der Waals surface area contributed by atoms with E-state index in [2.05, 4.69) is 0 Å². The predicted octanol–water partition coefficient (Wildman–Crippen LogP) is 2.55. The fourth-order valence-corrected chi connectivity index (χ4v) is 1.99. The van der Waals surface area contributed by atoms with Gasteiger partial charge in [0.25, 0.3) is 5.92 Å². The maximum atomic E-state index is 13.2. The number of alkyl halides is 2. The number of ether oxygens (including phenoxy) is 2. The van der Waals surface area contributed by atoms with E-state index in [1.165, 1.54) is 7.11 Å². The molecule has 5 heteroatoms. The van der Waals surface area contributed by atoms with Crippen LogP contribution in [0, 0.1) is 0 Å². The summed E-state index contributed by atoms with van der Waals surface area (Å²) in [5.74, 6) is -1.40. The summed E-state index contributed by atoms with van der Waals surface area (Å²) in [4.78, 5) is 1.63. The van der Waals surface area contributed by atoms with Gasteiger partial charge >= 0.3 is 0 Å². The van der Waals surface area contributed by atoms with Crippen molar-refractivity contribution in [2.45, 2.75) is 12.3 Å². The van der Waals surface area contributed by atoms with E-state index in [0.717, 1.165) is 0 Å². The first-order valence-electron chi connectivity index (χ1n) is 5.40. The summed E-state index contributed by atoms with van der Waals surface area (Å²) in [6.07, 6.45) is -0.118. The molecule has 0 spiro atoms. The Bertz CT molecular complexity index is 409. The third kappa shape index (κ3) is 2.43. The molecule has 1 saturated heterocycles. The molecule has 1 aliphatic rings. The Labute approximate surface area is 98.9 Å². The molecule has 0 saturated carbocycles. The van der Waals surface area contributed by atoms with E-state index in [4.69, 9.17) is 9.47 Å². The molecule has 1 aromatic carbocycles. The third-order valence-electron chi connectivity index (χ3n) is 2.90. The molecule has 3 nitrogen and oxygen atoms in total. The van der Waals surface area contributed by atoms with Gasteiger partial charge in [0.2, 0.25) is 0 Å². The van der Waals surface area contributed by atoms with Gasteiger partial charge in [-0.05, 0) is 12.1 Å². The Morgan fingerprint density at radius 1 is 1.24 bits per heavy atom. The van der Waals surface area contributed by atoms with E-state index in [1.54, 1.807) is 30.2 Å². The lowest BCUT2D eigenvalue weighted by Gasteiger charge is -2.21. The molecule has 0 aromatic heterocycles. The molecular weight excluding hydrogens is 228 g/mol. The lowest BCUT2D eigenvalue weighted by atomic mass is 10.2. The van der Waals surface area contributed by atoms with E-state index in [-0.39, 0.29) is 13.0 Å². The first-order valence-corrected chi connectivity index (χ1v) is 5.40. The first-order chi connectivity index (χ1) is 8.05. The van der Waals surface area contributed by atoms with Crippen molar-refractivity contribution in [1.29, 1.82) is 0 Å². The van der Waals surface area contributed by atoms with Crippen LogP contribution >= 0.6 is 0 Å². The van der Waals surface area contributed by atoms with Gasteiger partial charge < -0.3 is 14.4 Å². The Morgan fingerprint density at radius 3 is 2.53 bits per heavy atom. The lowest BCUT2D eigenvalue weighted by molar-refractivity contribution is 0.0257. The summed E-state index contributed by atoms with van der Waals surface area (Å²) in [5, 5.41) is 0. The van der Waals surface area contributed by atoms with Gasteiger partial charge in [-0.15, -0.1) is 0 Å². The fraction of sp³-hybridized carbons (Fsp3) is 0.500. The molecule has 2 rings (SSSR count). The summed E-state index contributed by atoms with van der Waals surface area (Å²) >= 11 is 0. The molecular formula is C12H15F2NO2. The minimum absolute atomic E-state index is 0.118. The molecule has 1 heterocycles. The highest BCUT2D eigenvalue weighted by Crippen LogP contribution is 2.37. The van der Waals surface area contributed by atoms with Crippen LogP contribution in [-0.2, 0) is 0 Å². The SMILES string of the molecule is COc1ccc(OC)c(N2CCC(F)(F)C2)c1. The summed E-state index contributed by atoms with van der Waals surface area (Å²) in [6.45, 7) is 0.0626. The Balaban J connectivity index is 2.30. The van der Waals surface area contributed by atoms with Gasteiger partial charge in [-0.2, -0.15) is 0 Å². The maximum Gasteiger partial charge on any atom is 0.266 e. The van der Waals surface area contributed by atoms with Gasteiger partial charge in [-0.1, -0.05) is 0 Å². The average molecular weight is 243 g/mol. The highest BCUT2D eigenvalue weighted by molar-refractivity contribution is 5.62. The quantitative estimate of drug-likeness (QED) is 0.814. The number of benzene rings is 1. The van der Waals surface area contributed by atoms with E-state index in [9.17, 15) is 8.78 Å². The summed E-state index contributed by atoms with van der Waals surface area (Å²) in [5.41, 5.74) is 0.657. The zero-order valence-corrected chi connectivity index (χ0v) is 9.87. The number of hydrogen-bond donors (Lipinski definition) is 0. The van der Waals surface area contributed by atoms with Gasteiger partial charge in [0.05, 0.1) is 26.5 Å². The highest BCUT2D eigenvalue weighted by atomic mass is 19.3. The smallest absolute Gasteiger partial charge is 0.266 e. The van der Waals surface area contributed by atoms with Crippen LogP contribution in [0.3, 0.4) is 0 Å². The van der Waals surface area contributed by atoms with Crippen molar-refractivity contribution in [3.8, 4) is 11.5 Å². The van der Waals surface area contributed by atoms with Crippen LogP contribution in [0.2, 0.25) is 0 Å². The molecule has 0 radical (unpaired) electrons. The van der Waals surface area contributed by atoms with Crippen LogP contribution in [0.15, 0.2) is 18.2 Å². The van der Waals surface area contributed by atoms with Crippen molar-refractivity contribution in [3.05, 3.63) is 18.2 Å². The van der Waals surface area contributed by atoms with Gasteiger partial charge in [0.15, 0.2) is 0 Å². The molecule has 1 fully saturated rings. The molecule has 0 aliphatic carbocycles. The Morgan fingerprint density at radius 2 is 2.00 bits per heavy atom. The van der Waals surface area contributed by atoms with Crippen molar-refractivity contribution in [2.75, 3.05) is 32.2 Å². The predicted molar refractivity (Wildman–Crippen MR) is 61.3 cm³/mol. The normalized spacial score (nSPS) is 18.2. The van der Waals surface area contributed by atoms with Crippen molar-refractivity contribution in [1.82, 2.24) is 0 Å². The third-order valence-corrected chi connectivity index (χ3v) is 2.90. The Kier molecular flexibility index (Phi) is 3.09. The maximum absolute atomic E-state index is 13.2. The highest BCUT2D eigenvalue weighted by Gasteiger charge is 2.39. The van der Waals surface area contributed by atoms with Gasteiger partial charge in [0.1, 0.15) is 11.5 Å². The van der Waals surface area contributed by atoms with Gasteiger partial charge in [-0.25, -0.2) is 8.78 Å². The van der Waals surface area contributed by atoms with Crippen LogP contribution < -0.4 is 14.4 Å². The number of halogens is 2. The second kappa shape index (κ2) is 4.39. The monoisotopic (exact) mass is 243 g/mol. The molecule has 1 aliphatic heterocycles.